The Morgan fingerprint density at radius 1 is 0.870 bits per heavy atom. The Balaban J connectivity index is 1.67. The van der Waals surface area contributed by atoms with Crippen LogP contribution in [0.1, 0.15) is 30.1 Å². The summed E-state index contributed by atoms with van der Waals surface area (Å²) in [5, 5.41) is 0. The van der Waals surface area contributed by atoms with Crippen LogP contribution in [0.15, 0.2) is 48.5 Å². The molecule has 0 saturated carbocycles. The van der Waals surface area contributed by atoms with Gasteiger partial charge in [0, 0.05) is 5.56 Å². The molecule has 2 aromatic carbocycles. The molecule has 0 N–H and O–H groups in total. The average Bonchev–Trinajstić information content (AvgIpc) is 2.59. The van der Waals surface area contributed by atoms with E-state index in [4.69, 9.17) is 14.2 Å². The van der Waals surface area contributed by atoms with Crippen molar-refractivity contribution in [2.24, 2.45) is 0 Å². The van der Waals surface area contributed by atoms with Gasteiger partial charge >= 0.3 is 0 Å². The van der Waals surface area contributed by atoms with Crippen molar-refractivity contribution in [3.05, 3.63) is 54.1 Å². The number of carbonyl (C=O) groups excluding carboxylic acids is 1. The molecule has 4 nitrogen and oxygen atoms in total. The Labute approximate surface area is 137 Å². The van der Waals surface area contributed by atoms with Crippen molar-refractivity contribution >= 4 is 6.29 Å². The van der Waals surface area contributed by atoms with E-state index in [9.17, 15) is 4.79 Å². The number of rotatable bonds is 10. The van der Waals surface area contributed by atoms with Crippen molar-refractivity contribution in [2.45, 2.75) is 19.8 Å². The second-order valence-corrected chi connectivity index (χ2v) is 4.97. The molecule has 0 atom stereocenters. The molecule has 0 heterocycles. The van der Waals surface area contributed by atoms with Gasteiger partial charge in [-0.3, -0.25) is 4.79 Å². The van der Waals surface area contributed by atoms with Gasteiger partial charge in [0.2, 0.25) is 0 Å². The van der Waals surface area contributed by atoms with E-state index in [-0.39, 0.29) is 0 Å². The summed E-state index contributed by atoms with van der Waals surface area (Å²) in [5.74, 6) is 2.27. The fraction of sp³-hybridized carbons (Fsp3) is 0.316. The standard InChI is InChI=1S/C19H22O4/c1-2-21-18-10-3-4-11-19(18)23-13-6-5-12-22-17-9-7-8-16(14-17)15-20/h3-4,7-11,14-15H,2,5-6,12-13H2,1H3. The lowest BCUT2D eigenvalue weighted by Gasteiger charge is -2.11. The summed E-state index contributed by atoms with van der Waals surface area (Å²) in [6.07, 6.45) is 2.58. The third kappa shape index (κ3) is 5.66. The maximum Gasteiger partial charge on any atom is 0.161 e. The summed E-state index contributed by atoms with van der Waals surface area (Å²) in [4.78, 5) is 10.7. The van der Waals surface area contributed by atoms with Gasteiger partial charge in [-0.2, -0.15) is 0 Å². The number of hydrogen-bond acceptors (Lipinski definition) is 4. The fourth-order valence-corrected chi connectivity index (χ4v) is 2.10. The lowest BCUT2D eigenvalue weighted by atomic mass is 10.2. The van der Waals surface area contributed by atoms with Gasteiger partial charge in [0.05, 0.1) is 19.8 Å². The average molecular weight is 314 g/mol. The van der Waals surface area contributed by atoms with Crippen molar-refractivity contribution in [3.8, 4) is 17.2 Å². The maximum absolute atomic E-state index is 10.7. The molecule has 0 aliphatic heterocycles. The van der Waals surface area contributed by atoms with Gasteiger partial charge in [-0.05, 0) is 44.0 Å². The van der Waals surface area contributed by atoms with E-state index in [1.165, 1.54) is 0 Å². The summed E-state index contributed by atoms with van der Waals surface area (Å²) in [7, 11) is 0. The van der Waals surface area contributed by atoms with Crippen molar-refractivity contribution < 1.29 is 19.0 Å². The summed E-state index contributed by atoms with van der Waals surface area (Å²) >= 11 is 0. The van der Waals surface area contributed by atoms with Crippen LogP contribution >= 0.6 is 0 Å². The van der Waals surface area contributed by atoms with Crippen molar-refractivity contribution in [1.82, 2.24) is 0 Å². The van der Waals surface area contributed by atoms with Crippen molar-refractivity contribution in [3.63, 3.8) is 0 Å². The zero-order valence-corrected chi connectivity index (χ0v) is 13.4. The highest BCUT2D eigenvalue weighted by molar-refractivity contribution is 5.75. The van der Waals surface area contributed by atoms with E-state index in [0.29, 0.717) is 25.4 Å². The van der Waals surface area contributed by atoms with Crippen molar-refractivity contribution in [1.29, 1.82) is 0 Å². The van der Waals surface area contributed by atoms with Crippen LogP contribution in [0.5, 0.6) is 17.2 Å². The van der Waals surface area contributed by atoms with E-state index in [1.54, 1.807) is 12.1 Å². The molecule has 0 saturated heterocycles. The van der Waals surface area contributed by atoms with Gasteiger partial charge in [0.1, 0.15) is 12.0 Å². The Morgan fingerprint density at radius 2 is 1.57 bits per heavy atom. The molecular formula is C19H22O4. The van der Waals surface area contributed by atoms with E-state index < -0.39 is 0 Å². The van der Waals surface area contributed by atoms with Gasteiger partial charge in [-0.1, -0.05) is 24.3 Å². The quantitative estimate of drug-likeness (QED) is 0.488. The molecule has 0 radical (unpaired) electrons. The summed E-state index contributed by atoms with van der Waals surface area (Å²) in [6, 6.07) is 14.8. The van der Waals surface area contributed by atoms with Gasteiger partial charge in [0.25, 0.3) is 0 Å². The Hall–Kier alpha value is -2.49. The summed E-state index contributed by atoms with van der Waals surface area (Å²) in [5.41, 5.74) is 0.623. The lowest BCUT2D eigenvalue weighted by molar-refractivity contribution is 0.112. The molecule has 23 heavy (non-hydrogen) atoms. The zero-order valence-electron chi connectivity index (χ0n) is 13.4. The number of ether oxygens (including phenoxy) is 3. The van der Waals surface area contributed by atoms with Gasteiger partial charge in [-0.15, -0.1) is 0 Å². The normalized spacial score (nSPS) is 10.1. The second kappa shape index (κ2) is 9.51. The number of para-hydroxylation sites is 2. The first-order valence-corrected chi connectivity index (χ1v) is 7.86. The largest absolute Gasteiger partial charge is 0.494 e. The molecule has 0 unspecified atom stereocenters. The molecule has 4 heteroatoms. The van der Waals surface area contributed by atoms with E-state index in [2.05, 4.69) is 0 Å². The van der Waals surface area contributed by atoms with E-state index >= 15 is 0 Å². The minimum atomic E-state index is 0.596. The third-order valence-electron chi connectivity index (χ3n) is 3.21. The molecule has 0 aliphatic rings. The molecule has 2 rings (SSSR count). The number of benzene rings is 2. The molecule has 122 valence electrons. The van der Waals surface area contributed by atoms with Gasteiger partial charge < -0.3 is 14.2 Å². The van der Waals surface area contributed by atoms with Crippen LogP contribution in [0.4, 0.5) is 0 Å². The maximum atomic E-state index is 10.7. The molecule has 0 amide bonds. The topological polar surface area (TPSA) is 44.8 Å². The van der Waals surface area contributed by atoms with E-state index in [1.807, 2.05) is 43.3 Å². The highest BCUT2D eigenvalue weighted by Crippen LogP contribution is 2.26. The van der Waals surface area contributed by atoms with Crippen molar-refractivity contribution in [2.75, 3.05) is 19.8 Å². The Bertz CT molecular complexity index is 610. The molecule has 0 spiro atoms. The summed E-state index contributed by atoms with van der Waals surface area (Å²) in [6.45, 7) is 3.78. The van der Waals surface area contributed by atoms with Crippen LogP contribution in [0.2, 0.25) is 0 Å². The molecule has 2 aromatic rings. The smallest absolute Gasteiger partial charge is 0.161 e. The first-order chi connectivity index (χ1) is 11.3. The monoisotopic (exact) mass is 314 g/mol. The predicted molar refractivity (Wildman–Crippen MR) is 89.7 cm³/mol. The molecule has 0 fully saturated rings. The molecule has 0 bridgehead atoms. The zero-order chi connectivity index (χ0) is 16.3. The molecular weight excluding hydrogens is 292 g/mol. The predicted octanol–water partition coefficient (Wildman–Crippen LogP) is 4.14. The van der Waals surface area contributed by atoms with E-state index in [0.717, 1.165) is 36.4 Å². The van der Waals surface area contributed by atoms with Crippen LogP contribution in [0, 0.1) is 0 Å². The van der Waals surface area contributed by atoms with Crippen LogP contribution in [0.25, 0.3) is 0 Å². The lowest BCUT2D eigenvalue weighted by Crippen LogP contribution is -2.04. The van der Waals surface area contributed by atoms with Crippen LogP contribution in [0.3, 0.4) is 0 Å². The van der Waals surface area contributed by atoms with Gasteiger partial charge in [0.15, 0.2) is 11.5 Å². The van der Waals surface area contributed by atoms with Crippen LogP contribution < -0.4 is 14.2 Å². The van der Waals surface area contributed by atoms with Gasteiger partial charge in [-0.25, -0.2) is 0 Å². The Kier molecular flexibility index (Phi) is 6.98. The minimum Gasteiger partial charge on any atom is -0.494 e. The first kappa shape index (κ1) is 16.9. The minimum absolute atomic E-state index is 0.596. The number of unbranched alkanes of at least 4 members (excludes halogenated alkanes) is 1. The van der Waals surface area contributed by atoms with Crippen LogP contribution in [-0.2, 0) is 0 Å². The first-order valence-electron chi connectivity index (χ1n) is 7.86. The fourth-order valence-electron chi connectivity index (χ4n) is 2.10. The number of hydrogen-bond donors (Lipinski definition) is 0. The molecule has 0 aliphatic carbocycles. The third-order valence-corrected chi connectivity index (χ3v) is 3.21. The highest BCUT2D eigenvalue weighted by Gasteiger charge is 2.03. The second-order valence-electron chi connectivity index (χ2n) is 4.97. The SMILES string of the molecule is CCOc1ccccc1OCCCCOc1cccc(C=O)c1. The molecule has 0 aromatic heterocycles. The number of carbonyl (C=O) groups is 1. The Morgan fingerprint density at radius 3 is 2.26 bits per heavy atom. The van der Waals surface area contributed by atoms with Crippen LogP contribution in [-0.4, -0.2) is 26.1 Å². The highest BCUT2D eigenvalue weighted by atomic mass is 16.5. The summed E-state index contributed by atoms with van der Waals surface area (Å²) < 4.78 is 16.9. The number of aldehydes is 1.